The van der Waals surface area contributed by atoms with Crippen molar-refractivity contribution in [2.24, 2.45) is 5.92 Å². The van der Waals surface area contributed by atoms with E-state index in [2.05, 4.69) is 0 Å². The van der Waals surface area contributed by atoms with Crippen LogP contribution in [0.5, 0.6) is 0 Å². The van der Waals surface area contributed by atoms with Crippen molar-refractivity contribution in [2.45, 2.75) is 26.7 Å². The quantitative estimate of drug-likeness (QED) is 0.720. The molecule has 1 rings (SSSR count). The molecule has 1 atom stereocenters. The summed E-state index contributed by atoms with van der Waals surface area (Å²) in [5, 5.41) is 0. The lowest BCUT2D eigenvalue weighted by molar-refractivity contribution is -0.147. The van der Waals surface area contributed by atoms with Crippen molar-refractivity contribution in [3.05, 3.63) is 47.8 Å². The average molecular weight is 250 g/mol. The Hall–Kier alpha value is -1.64. The van der Waals surface area contributed by atoms with Gasteiger partial charge in [0.1, 0.15) is 11.7 Å². The number of hydrogen-bond acceptors (Lipinski definition) is 2. The number of carbonyl (C=O) groups excluding carboxylic acids is 1. The first kappa shape index (κ1) is 14.4. The third kappa shape index (κ3) is 4.32. The summed E-state index contributed by atoms with van der Waals surface area (Å²) >= 11 is 0. The van der Waals surface area contributed by atoms with Gasteiger partial charge in [-0.3, -0.25) is 4.79 Å². The van der Waals surface area contributed by atoms with Crippen molar-refractivity contribution in [1.29, 1.82) is 0 Å². The van der Waals surface area contributed by atoms with Gasteiger partial charge in [-0.1, -0.05) is 43.3 Å². The molecule has 0 aromatic heterocycles. The normalized spacial score (nSPS) is 13.2. The van der Waals surface area contributed by atoms with Crippen LogP contribution in [0.25, 0.3) is 0 Å². The first-order chi connectivity index (χ1) is 8.69. The largest absolute Gasteiger partial charge is 0.465 e. The zero-order valence-corrected chi connectivity index (χ0v) is 10.9. The monoisotopic (exact) mass is 250 g/mol. The van der Waals surface area contributed by atoms with E-state index in [1.165, 1.54) is 6.08 Å². The number of hydrogen-bond donors (Lipinski definition) is 0. The third-order valence-corrected chi connectivity index (χ3v) is 2.59. The summed E-state index contributed by atoms with van der Waals surface area (Å²) in [5.41, 5.74) is 0.926. The molecule has 0 fully saturated rings. The molecule has 1 unspecified atom stereocenters. The highest BCUT2D eigenvalue weighted by atomic mass is 19.1. The Balaban J connectivity index is 2.84. The molecule has 0 saturated carbocycles. The summed E-state index contributed by atoms with van der Waals surface area (Å²) in [6, 6.07) is 9.40. The first-order valence-electron chi connectivity index (χ1n) is 6.25. The number of rotatable bonds is 6. The van der Waals surface area contributed by atoms with E-state index in [4.69, 9.17) is 4.74 Å². The van der Waals surface area contributed by atoms with Gasteiger partial charge in [-0.2, -0.15) is 0 Å². The lowest BCUT2D eigenvalue weighted by atomic mass is 9.97. The zero-order chi connectivity index (χ0) is 13.4. The Bertz CT molecular complexity index is 398. The van der Waals surface area contributed by atoms with Crippen LogP contribution in [-0.2, 0) is 16.0 Å². The standard InChI is InChI=1S/C15H19FO2/c1-3-8-14(16)13(15(17)18-4-2)11-12-9-6-5-7-10-12/h5-10,13H,3-4,11H2,1-2H3/b14-8-. The van der Waals surface area contributed by atoms with Crippen LogP contribution in [0.15, 0.2) is 42.2 Å². The highest BCUT2D eigenvalue weighted by molar-refractivity contribution is 5.75. The van der Waals surface area contributed by atoms with Crippen molar-refractivity contribution in [1.82, 2.24) is 0 Å². The number of ether oxygens (including phenoxy) is 1. The van der Waals surface area contributed by atoms with Gasteiger partial charge in [0, 0.05) is 0 Å². The Morgan fingerprint density at radius 3 is 2.56 bits per heavy atom. The topological polar surface area (TPSA) is 26.3 Å². The second-order valence-electron chi connectivity index (χ2n) is 3.99. The smallest absolute Gasteiger partial charge is 0.316 e. The molecule has 2 nitrogen and oxygen atoms in total. The highest BCUT2D eigenvalue weighted by Crippen LogP contribution is 2.20. The van der Waals surface area contributed by atoms with Crippen LogP contribution < -0.4 is 0 Å². The Morgan fingerprint density at radius 2 is 2.00 bits per heavy atom. The highest BCUT2D eigenvalue weighted by Gasteiger charge is 2.24. The van der Waals surface area contributed by atoms with Crippen LogP contribution in [0.4, 0.5) is 4.39 Å². The molecule has 0 radical (unpaired) electrons. The van der Waals surface area contributed by atoms with Gasteiger partial charge in [0.15, 0.2) is 0 Å². The van der Waals surface area contributed by atoms with E-state index >= 15 is 0 Å². The van der Waals surface area contributed by atoms with Gasteiger partial charge < -0.3 is 4.74 Å². The van der Waals surface area contributed by atoms with Gasteiger partial charge in [-0.05, 0) is 25.3 Å². The van der Waals surface area contributed by atoms with E-state index in [9.17, 15) is 9.18 Å². The van der Waals surface area contributed by atoms with Crippen molar-refractivity contribution < 1.29 is 13.9 Å². The van der Waals surface area contributed by atoms with Gasteiger partial charge >= 0.3 is 5.97 Å². The molecule has 3 heteroatoms. The zero-order valence-electron chi connectivity index (χ0n) is 10.9. The van der Waals surface area contributed by atoms with Crippen LogP contribution >= 0.6 is 0 Å². The summed E-state index contributed by atoms with van der Waals surface area (Å²) in [6.07, 6.45) is 2.34. The average Bonchev–Trinajstić information content (AvgIpc) is 2.37. The SMILES string of the molecule is CC/C=C(\F)C(Cc1ccccc1)C(=O)OCC. The maximum absolute atomic E-state index is 13.9. The molecule has 0 N–H and O–H groups in total. The summed E-state index contributed by atoms with van der Waals surface area (Å²) < 4.78 is 18.8. The molecule has 0 bridgehead atoms. The lowest BCUT2D eigenvalue weighted by Crippen LogP contribution is -2.21. The van der Waals surface area contributed by atoms with E-state index in [1.807, 2.05) is 37.3 Å². The van der Waals surface area contributed by atoms with Gasteiger partial charge in [0.25, 0.3) is 0 Å². The summed E-state index contributed by atoms with van der Waals surface area (Å²) in [4.78, 5) is 11.8. The number of allylic oxidation sites excluding steroid dienone is 1. The van der Waals surface area contributed by atoms with E-state index < -0.39 is 17.7 Å². The van der Waals surface area contributed by atoms with Gasteiger partial charge in [0.2, 0.25) is 0 Å². The fourth-order valence-electron chi connectivity index (χ4n) is 1.72. The van der Waals surface area contributed by atoms with Crippen molar-refractivity contribution in [2.75, 3.05) is 6.61 Å². The number of carbonyl (C=O) groups is 1. The van der Waals surface area contributed by atoms with E-state index in [-0.39, 0.29) is 6.61 Å². The third-order valence-electron chi connectivity index (χ3n) is 2.59. The molecule has 0 heterocycles. The van der Waals surface area contributed by atoms with E-state index in [1.54, 1.807) is 6.92 Å². The molecule has 0 spiro atoms. The fraction of sp³-hybridized carbons (Fsp3) is 0.400. The number of esters is 1. The maximum Gasteiger partial charge on any atom is 0.316 e. The molecule has 0 amide bonds. The minimum Gasteiger partial charge on any atom is -0.465 e. The molecular formula is C15H19FO2. The van der Waals surface area contributed by atoms with Crippen LogP contribution in [0.1, 0.15) is 25.8 Å². The number of halogens is 1. The van der Waals surface area contributed by atoms with Gasteiger partial charge in [-0.15, -0.1) is 0 Å². The predicted octanol–water partition coefficient (Wildman–Crippen LogP) is 3.67. The molecule has 1 aromatic carbocycles. The summed E-state index contributed by atoms with van der Waals surface area (Å²) in [5.74, 6) is -1.73. The number of benzene rings is 1. The second-order valence-corrected chi connectivity index (χ2v) is 3.99. The summed E-state index contributed by atoms with van der Waals surface area (Å²) in [6.45, 7) is 3.83. The summed E-state index contributed by atoms with van der Waals surface area (Å²) in [7, 11) is 0. The van der Waals surface area contributed by atoms with Gasteiger partial charge in [-0.25, -0.2) is 4.39 Å². The van der Waals surface area contributed by atoms with Crippen LogP contribution in [0, 0.1) is 5.92 Å². The van der Waals surface area contributed by atoms with Gasteiger partial charge in [0.05, 0.1) is 6.61 Å². The molecule has 0 saturated heterocycles. The van der Waals surface area contributed by atoms with Crippen molar-refractivity contribution >= 4 is 5.97 Å². The van der Waals surface area contributed by atoms with Crippen molar-refractivity contribution in [3.8, 4) is 0 Å². The maximum atomic E-state index is 13.9. The second kappa shape index (κ2) is 7.64. The van der Waals surface area contributed by atoms with Crippen LogP contribution in [0.3, 0.4) is 0 Å². The molecule has 0 aliphatic rings. The molecule has 18 heavy (non-hydrogen) atoms. The molecule has 0 aliphatic carbocycles. The Kier molecular flexibility index (Phi) is 6.12. The fourth-order valence-corrected chi connectivity index (χ4v) is 1.72. The first-order valence-corrected chi connectivity index (χ1v) is 6.25. The molecular weight excluding hydrogens is 231 g/mol. The van der Waals surface area contributed by atoms with Crippen LogP contribution in [-0.4, -0.2) is 12.6 Å². The molecule has 1 aromatic rings. The predicted molar refractivity (Wildman–Crippen MR) is 69.8 cm³/mol. The lowest BCUT2D eigenvalue weighted by Gasteiger charge is -2.14. The minimum atomic E-state index is -0.827. The van der Waals surface area contributed by atoms with E-state index in [0.29, 0.717) is 12.8 Å². The van der Waals surface area contributed by atoms with Crippen molar-refractivity contribution in [3.63, 3.8) is 0 Å². The molecule has 98 valence electrons. The van der Waals surface area contributed by atoms with Crippen LogP contribution in [0.2, 0.25) is 0 Å². The van der Waals surface area contributed by atoms with E-state index in [0.717, 1.165) is 5.56 Å². The molecule has 0 aliphatic heterocycles. The minimum absolute atomic E-state index is 0.267. The Morgan fingerprint density at radius 1 is 1.33 bits per heavy atom. The Labute approximate surface area is 107 Å².